The zero-order valence-electron chi connectivity index (χ0n) is 16.8. The Bertz CT molecular complexity index is 1010. The summed E-state index contributed by atoms with van der Waals surface area (Å²) in [6.07, 6.45) is 0.951. The molecule has 0 unspecified atom stereocenters. The molecule has 1 fully saturated rings. The van der Waals surface area contributed by atoms with E-state index in [0.29, 0.717) is 30.5 Å². The minimum absolute atomic E-state index is 0. The number of anilines is 1. The normalized spacial score (nSPS) is 14.5. The molecule has 1 saturated heterocycles. The molecule has 1 aliphatic rings. The van der Waals surface area contributed by atoms with E-state index in [4.69, 9.17) is 9.72 Å². The van der Waals surface area contributed by atoms with Crippen LogP contribution < -0.4 is 4.90 Å². The highest BCUT2D eigenvalue weighted by Crippen LogP contribution is 2.30. The summed E-state index contributed by atoms with van der Waals surface area (Å²) in [5, 5.41) is 0.649. The van der Waals surface area contributed by atoms with Gasteiger partial charge < -0.3 is 4.74 Å². The number of halogens is 2. The van der Waals surface area contributed by atoms with E-state index in [1.54, 1.807) is 17.0 Å². The molecule has 5 nitrogen and oxygen atoms in total. The van der Waals surface area contributed by atoms with Gasteiger partial charge in [0.15, 0.2) is 5.13 Å². The summed E-state index contributed by atoms with van der Waals surface area (Å²) in [5.41, 5.74) is 2.45. The zero-order chi connectivity index (χ0) is 20.2. The molecule has 160 valence electrons. The predicted octanol–water partition coefficient (Wildman–Crippen LogP) is 4.40. The molecule has 1 amide bonds. The molecule has 0 radical (unpaired) electrons. The number of hydrogen-bond donors (Lipinski definition) is 0. The van der Waals surface area contributed by atoms with Crippen molar-refractivity contribution in [2.75, 3.05) is 44.3 Å². The van der Waals surface area contributed by atoms with Gasteiger partial charge in [-0.05, 0) is 42.3 Å². The van der Waals surface area contributed by atoms with Crippen LogP contribution >= 0.6 is 23.7 Å². The summed E-state index contributed by atoms with van der Waals surface area (Å²) in [4.78, 5) is 21.9. The summed E-state index contributed by atoms with van der Waals surface area (Å²) in [6, 6.07) is 12.0. The maximum Gasteiger partial charge on any atom is 0.260 e. The Balaban J connectivity index is 0.00000256. The number of thiazole rings is 1. The maximum atomic E-state index is 13.7. The number of amides is 1. The molecule has 0 atom stereocenters. The third kappa shape index (κ3) is 5.16. The Morgan fingerprint density at radius 3 is 2.77 bits per heavy atom. The van der Waals surface area contributed by atoms with Gasteiger partial charge in [0.05, 0.1) is 23.4 Å². The second-order valence-corrected chi connectivity index (χ2v) is 8.08. The van der Waals surface area contributed by atoms with Crippen LogP contribution in [0.15, 0.2) is 42.5 Å². The number of fused-ring (bicyclic) bond motifs is 1. The molecule has 3 aromatic rings. The van der Waals surface area contributed by atoms with Crippen LogP contribution in [0.1, 0.15) is 22.8 Å². The number of morpholine rings is 1. The molecule has 30 heavy (non-hydrogen) atoms. The number of aromatic nitrogens is 1. The number of aryl methyl sites for hydroxylation is 1. The van der Waals surface area contributed by atoms with E-state index in [-0.39, 0.29) is 18.3 Å². The average Bonchev–Trinajstić information content (AvgIpc) is 3.17. The minimum Gasteiger partial charge on any atom is -0.379 e. The molecule has 0 saturated carbocycles. The Hall–Kier alpha value is -2.06. The van der Waals surface area contributed by atoms with Gasteiger partial charge in [-0.1, -0.05) is 30.4 Å². The molecule has 8 heteroatoms. The zero-order valence-corrected chi connectivity index (χ0v) is 18.5. The topological polar surface area (TPSA) is 45.7 Å². The van der Waals surface area contributed by atoms with Crippen LogP contribution in [0.4, 0.5) is 9.52 Å². The number of hydrogen-bond acceptors (Lipinski definition) is 5. The number of carbonyl (C=O) groups excluding carboxylic acids is 1. The smallest absolute Gasteiger partial charge is 0.260 e. The van der Waals surface area contributed by atoms with Gasteiger partial charge in [-0.15, -0.1) is 12.4 Å². The summed E-state index contributed by atoms with van der Waals surface area (Å²) in [6.45, 7) is 6.45. The Labute approximate surface area is 185 Å². The highest BCUT2D eigenvalue weighted by molar-refractivity contribution is 7.22. The van der Waals surface area contributed by atoms with E-state index in [2.05, 4.69) is 24.0 Å². The summed E-state index contributed by atoms with van der Waals surface area (Å²) in [5.74, 6) is -0.645. The number of ether oxygens (including phenoxy) is 1. The highest BCUT2D eigenvalue weighted by atomic mass is 35.5. The molecule has 0 aliphatic carbocycles. The van der Waals surface area contributed by atoms with Crippen LogP contribution in [0.5, 0.6) is 0 Å². The first-order valence-corrected chi connectivity index (χ1v) is 10.7. The van der Waals surface area contributed by atoms with Gasteiger partial charge in [-0.3, -0.25) is 14.6 Å². The second kappa shape index (κ2) is 10.3. The highest BCUT2D eigenvalue weighted by Gasteiger charge is 2.23. The lowest BCUT2D eigenvalue weighted by molar-refractivity contribution is 0.0391. The van der Waals surface area contributed by atoms with E-state index in [0.717, 1.165) is 36.3 Å². The van der Waals surface area contributed by atoms with Crippen LogP contribution in [-0.2, 0) is 11.2 Å². The van der Waals surface area contributed by atoms with Crippen LogP contribution in [0.2, 0.25) is 0 Å². The van der Waals surface area contributed by atoms with Crippen LogP contribution in [-0.4, -0.2) is 55.2 Å². The third-order valence-corrected chi connectivity index (χ3v) is 6.18. The Morgan fingerprint density at radius 2 is 2.03 bits per heavy atom. The molecule has 0 spiro atoms. The number of benzene rings is 2. The van der Waals surface area contributed by atoms with Crippen molar-refractivity contribution in [3.05, 3.63) is 59.4 Å². The van der Waals surface area contributed by atoms with Crippen molar-refractivity contribution in [2.45, 2.75) is 13.3 Å². The van der Waals surface area contributed by atoms with E-state index in [1.165, 1.54) is 29.0 Å². The number of nitrogens with zero attached hydrogens (tertiary/aromatic N) is 3. The van der Waals surface area contributed by atoms with Gasteiger partial charge in [0.25, 0.3) is 5.91 Å². The molecule has 1 aliphatic heterocycles. The maximum absolute atomic E-state index is 13.7. The summed E-state index contributed by atoms with van der Waals surface area (Å²) < 4.78 is 20.2. The van der Waals surface area contributed by atoms with Crippen molar-refractivity contribution < 1.29 is 13.9 Å². The first-order chi connectivity index (χ1) is 14.1. The van der Waals surface area contributed by atoms with Gasteiger partial charge in [0.1, 0.15) is 5.82 Å². The summed E-state index contributed by atoms with van der Waals surface area (Å²) >= 11 is 1.51. The number of rotatable bonds is 6. The molecule has 1 aromatic heterocycles. The lowest BCUT2D eigenvalue weighted by Gasteiger charge is -2.29. The van der Waals surface area contributed by atoms with E-state index in [1.807, 2.05) is 6.07 Å². The molecular weight excluding hydrogens is 425 g/mol. The first-order valence-electron chi connectivity index (χ1n) is 9.91. The van der Waals surface area contributed by atoms with Crippen molar-refractivity contribution in [2.24, 2.45) is 0 Å². The quantitative estimate of drug-likeness (QED) is 0.559. The van der Waals surface area contributed by atoms with E-state index in [9.17, 15) is 9.18 Å². The molecule has 2 aromatic carbocycles. The molecule has 4 rings (SSSR count). The van der Waals surface area contributed by atoms with Gasteiger partial charge in [0.2, 0.25) is 0 Å². The Kier molecular flexibility index (Phi) is 7.77. The van der Waals surface area contributed by atoms with Gasteiger partial charge in [0, 0.05) is 31.7 Å². The fourth-order valence-corrected chi connectivity index (χ4v) is 4.47. The third-order valence-electron chi connectivity index (χ3n) is 5.14. The SMILES string of the molecule is CCc1ccc2nc(N(CCN3CCOCC3)C(=O)c3cccc(F)c3)sc2c1.Cl. The van der Waals surface area contributed by atoms with Crippen LogP contribution in [0.3, 0.4) is 0 Å². The fourth-order valence-electron chi connectivity index (χ4n) is 3.42. The molecule has 0 bridgehead atoms. The lowest BCUT2D eigenvalue weighted by Crippen LogP contribution is -2.43. The second-order valence-electron chi connectivity index (χ2n) is 7.07. The molecule has 2 heterocycles. The standard InChI is InChI=1S/C22H24FN3O2S.ClH/c1-2-16-6-7-19-20(14-16)29-22(24-19)26(9-8-25-10-12-28-13-11-25)21(27)17-4-3-5-18(23)15-17;/h3-7,14-15H,2,8-13H2,1H3;1H. The predicted molar refractivity (Wildman–Crippen MR) is 122 cm³/mol. The van der Waals surface area contributed by atoms with Crippen molar-refractivity contribution in [3.63, 3.8) is 0 Å². The average molecular weight is 450 g/mol. The van der Waals surface area contributed by atoms with Gasteiger partial charge in [-0.25, -0.2) is 9.37 Å². The minimum atomic E-state index is -0.416. The van der Waals surface area contributed by atoms with Crippen molar-refractivity contribution in [3.8, 4) is 0 Å². The lowest BCUT2D eigenvalue weighted by atomic mass is 10.2. The van der Waals surface area contributed by atoms with Crippen LogP contribution in [0, 0.1) is 5.82 Å². The van der Waals surface area contributed by atoms with Gasteiger partial charge >= 0.3 is 0 Å². The Morgan fingerprint density at radius 1 is 1.23 bits per heavy atom. The monoisotopic (exact) mass is 449 g/mol. The van der Waals surface area contributed by atoms with Gasteiger partial charge in [-0.2, -0.15) is 0 Å². The largest absolute Gasteiger partial charge is 0.379 e. The fraction of sp³-hybridized carbons (Fsp3) is 0.364. The van der Waals surface area contributed by atoms with Crippen molar-refractivity contribution in [1.82, 2.24) is 9.88 Å². The van der Waals surface area contributed by atoms with Crippen LogP contribution in [0.25, 0.3) is 10.2 Å². The summed E-state index contributed by atoms with van der Waals surface area (Å²) in [7, 11) is 0. The van der Waals surface area contributed by atoms with Crippen molar-refractivity contribution in [1.29, 1.82) is 0 Å². The first kappa shape index (κ1) is 22.6. The van der Waals surface area contributed by atoms with E-state index < -0.39 is 5.82 Å². The van der Waals surface area contributed by atoms with Crippen molar-refractivity contribution >= 4 is 45.0 Å². The van der Waals surface area contributed by atoms with E-state index >= 15 is 0 Å². The molecule has 0 N–H and O–H groups in total. The molecular formula is C22H25ClFN3O2S. The number of carbonyl (C=O) groups is 1.